The first-order chi connectivity index (χ1) is 12.2. The molecule has 6 heteroatoms. The standard InChI is InChI=1S/C20H23NO5/c1-5-25-19(24)14-8-6-13(7-9-14)16-10-15(18(23)21-12-16)11-17(22)26-20(2,3)4/h6-10,12H,5,11H2,1-4H3,(H,21,23). The molecule has 1 N–H and O–H groups in total. The molecule has 1 heterocycles. The molecule has 26 heavy (non-hydrogen) atoms. The zero-order valence-corrected chi connectivity index (χ0v) is 15.4. The van der Waals surface area contributed by atoms with Crippen LogP contribution in [0.4, 0.5) is 0 Å². The van der Waals surface area contributed by atoms with E-state index in [9.17, 15) is 14.4 Å². The summed E-state index contributed by atoms with van der Waals surface area (Å²) < 4.78 is 10.2. The van der Waals surface area contributed by atoms with Gasteiger partial charge in [0.05, 0.1) is 18.6 Å². The van der Waals surface area contributed by atoms with Gasteiger partial charge in [0, 0.05) is 11.8 Å². The van der Waals surface area contributed by atoms with E-state index in [-0.39, 0.29) is 17.9 Å². The van der Waals surface area contributed by atoms with Crippen molar-refractivity contribution in [2.24, 2.45) is 0 Å². The van der Waals surface area contributed by atoms with E-state index >= 15 is 0 Å². The van der Waals surface area contributed by atoms with E-state index in [0.29, 0.717) is 17.7 Å². The molecule has 0 atom stereocenters. The Morgan fingerprint density at radius 1 is 1.08 bits per heavy atom. The van der Waals surface area contributed by atoms with Crippen LogP contribution >= 0.6 is 0 Å². The van der Waals surface area contributed by atoms with Gasteiger partial charge in [-0.2, -0.15) is 0 Å². The van der Waals surface area contributed by atoms with Gasteiger partial charge in [0.2, 0.25) is 0 Å². The minimum absolute atomic E-state index is 0.110. The second-order valence-corrected chi connectivity index (χ2v) is 6.80. The number of H-pyrrole nitrogens is 1. The van der Waals surface area contributed by atoms with Crippen molar-refractivity contribution >= 4 is 11.9 Å². The zero-order valence-electron chi connectivity index (χ0n) is 15.4. The van der Waals surface area contributed by atoms with Crippen molar-refractivity contribution in [1.29, 1.82) is 0 Å². The molecular weight excluding hydrogens is 334 g/mol. The number of ether oxygens (including phenoxy) is 2. The summed E-state index contributed by atoms with van der Waals surface area (Å²) >= 11 is 0. The maximum Gasteiger partial charge on any atom is 0.338 e. The highest BCUT2D eigenvalue weighted by Gasteiger charge is 2.18. The molecule has 0 saturated carbocycles. The van der Waals surface area contributed by atoms with Gasteiger partial charge in [0.1, 0.15) is 5.60 Å². The van der Waals surface area contributed by atoms with Crippen LogP contribution in [0.5, 0.6) is 0 Å². The molecule has 0 aliphatic carbocycles. The maximum absolute atomic E-state index is 12.0. The van der Waals surface area contributed by atoms with Crippen molar-refractivity contribution in [2.75, 3.05) is 6.61 Å². The Bertz CT molecular complexity index is 844. The normalized spacial score (nSPS) is 11.1. The monoisotopic (exact) mass is 357 g/mol. The van der Waals surface area contributed by atoms with Crippen molar-refractivity contribution in [3.63, 3.8) is 0 Å². The first-order valence-electron chi connectivity index (χ1n) is 8.40. The van der Waals surface area contributed by atoms with E-state index in [4.69, 9.17) is 9.47 Å². The number of rotatable bonds is 5. The van der Waals surface area contributed by atoms with Crippen LogP contribution in [0, 0.1) is 0 Å². The molecule has 0 bridgehead atoms. The first-order valence-corrected chi connectivity index (χ1v) is 8.40. The number of aromatic amines is 1. The van der Waals surface area contributed by atoms with E-state index in [1.807, 2.05) is 0 Å². The van der Waals surface area contributed by atoms with E-state index < -0.39 is 11.6 Å². The summed E-state index contributed by atoms with van der Waals surface area (Å²) in [6, 6.07) is 8.49. The average molecular weight is 357 g/mol. The fraction of sp³-hybridized carbons (Fsp3) is 0.350. The van der Waals surface area contributed by atoms with E-state index in [2.05, 4.69) is 4.98 Å². The van der Waals surface area contributed by atoms with Crippen LogP contribution in [0.15, 0.2) is 41.3 Å². The summed E-state index contributed by atoms with van der Waals surface area (Å²) in [5, 5.41) is 0. The quantitative estimate of drug-likeness (QED) is 0.831. The zero-order chi connectivity index (χ0) is 19.3. The molecule has 2 aromatic rings. The fourth-order valence-electron chi connectivity index (χ4n) is 2.38. The van der Waals surface area contributed by atoms with Crippen LogP contribution in [-0.2, 0) is 20.7 Å². The highest BCUT2D eigenvalue weighted by Crippen LogP contribution is 2.20. The molecule has 0 aliphatic heterocycles. The maximum atomic E-state index is 12.0. The highest BCUT2D eigenvalue weighted by molar-refractivity contribution is 5.90. The SMILES string of the molecule is CCOC(=O)c1ccc(-c2c[nH]c(=O)c(CC(=O)OC(C)(C)C)c2)cc1. The number of hydrogen-bond donors (Lipinski definition) is 1. The van der Waals surface area contributed by atoms with Crippen molar-refractivity contribution in [3.05, 3.63) is 58.0 Å². The van der Waals surface area contributed by atoms with Gasteiger partial charge in [-0.3, -0.25) is 9.59 Å². The number of carbonyl (C=O) groups excluding carboxylic acids is 2. The molecule has 1 aromatic carbocycles. The van der Waals surface area contributed by atoms with Gasteiger partial charge in [0.25, 0.3) is 5.56 Å². The third kappa shape index (κ3) is 5.31. The Kier molecular flexibility index (Phi) is 5.97. The van der Waals surface area contributed by atoms with Crippen molar-refractivity contribution in [3.8, 4) is 11.1 Å². The number of carbonyl (C=O) groups is 2. The smallest absolute Gasteiger partial charge is 0.338 e. The molecule has 0 radical (unpaired) electrons. The topological polar surface area (TPSA) is 85.5 Å². The number of pyridine rings is 1. The minimum atomic E-state index is -0.607. The first kappa shape index (κ1) is 19.4. The van der Waals surface area contributed by atoms with Crippen molar-refractivity contribution in [1.82, 2.24) is 4.98 Å². The summed E-state index contributed by atoms with van der Waals surface area (Å²) in [4.78, 5) is 38.3. The average Bonchev–Trinajstić information content (AvgIpc) is 2.55. The molecular formula is C20H23NO5. The van der Waals surface area contributed by atoms with Gasteiger partial charge in [-0.25, -0.2) is 4.79 Å². The molecule has 138 valence electrons. The van der Waals surface area contributed by atoms with Crippen LogP contribution in [0.2, 0.25) is 0 Å². The third-order valence-corrected chi connectivity index (χ3v) is 3.46. The van der Waals surface area contributed by atoms with E-state index in [1.54, 1.807) is 64.2 Å². The Labute approximate surface area is 152 Å². The Morgan fingerprint density at radius 2 is 1.73 bits per heavy atom. The summed E-state index contributed by atoms with van der Waals surface area (Å²) in [5.41, 5.74) is 1.38. The summed E-state index contributed by atoms with van der Waals surface area (Å²) in [6.07, 6.45) is 1.46. The highest BCUT2D eigenvalue weighted by atomic mass is 16.6. The van der Waals surface area contributed by atoms with E-state index in [1.165, 1.54) is 0 Å². The Balaban J connectivity index is 2.22. The predicted molar refractivity (Wildman–Crippen MR) is 98.0 cm³/mol. The van der Waals surface area contributed by atoms with Gasteiger partial charge in [-0.1, -0.05) is 12.1 Å². The van der Waals surface area contributed by atoms with Crippen molar-refractivity contribution < 1.29 is 19.1 Å². The fourth-order valence-corrected chi connectivity index (χ4v) is 2.38. The van der Waals surface area contributed by atoms with E-state index in [0.717, 1.165) is 11.1 Å². The largest absolute Gasteiger partial charge is 0.462 e. The van der Waals surface area contributed by atoms with Crippen molar-refractivity contribution in [2.45, 2.75) is 39.7 Å². The van der Waals surface area contributed by atoms with Gasteiger partial charge in [0.15, 0.2) is 0 Å². The molecule has 0 spiro atoms. The number of hydrogen-bond acceptors (Lipinski definition) is 5. The lowest BCUT2D eigenvalue weighted by Gasteiger charge is -2.19. The molecule has 2 rings (SSSR count). The van der Waals surface area contributed by atoms with Gasteiger partial charge >= 0.3 is 11.9 Å². The second-order valence-electron chi connectivity index (χ2n) is 6.80. The third-order valence-electron chi connectivity index (χ3n) is 3.46. The molecule has 0 aliphatic rings. The van der Waals surface area contributed by atoms with Crippen LogP contribution < -0.4 is 5.56 Å². The lowest BCUT2D eigenvalue weighted by atomic mass is 10.0. The van der Waals surface area contributed by atoms with Gasteiger partial charge in [-0.15, -0.1) is 0 Å². The Hall–Kier alpha value is -2.89. The number of esters is 2. The lowest BCUT2D eigenvalue weighted by molar-refractivity contribution is -0.153. The number of nitrogens with one attached hydrogen (secondary N) is 1. The van der Waals surface area contributed by atoms with Crippen LogP contribution in [0.25, 0.3) is 11.1 Å². The lowest BCUT2D eigenvalue weighted by Crippen LogP contribution is -2.26. The van der Waals surface area contributed by atoms with Gasteiger partial charge < -0.3 is 14.5 Å². The molecule has 0 amide bonds. The predicted octanol–water partition coefficient (Wildman–Crippen LogP) is 3.10. The van der Waals surface area contributed by atoms with Crippen LogP contribution in [0.3, 0.4) is 0 Å². The second kappa shape index (κ2) is 7.99. The molecule has 6 nitrogen and oxygen atoms in total. The molecule has 0 fully saturated rings. The summed E-state index contributed by atoms with van der Waals surface area (Å²) in [7, 11) is 0. The molecule has 0 unspecified atom stereocenters. The van der Waals surface area contributed by atoms with Crippen LogP contribution in [-0.4, -0.2) is 29.1 Å². The Morgan fingerprint density at radius 3 is 2.31 bits per heavy atom. The summed E-state index contributed by atoms with van der Waals surface area (Å²) in [5.74, 6) is -0.844. The summed E-state index contributed by atoms with van der Waals surface area (Å²) in [6.45, 7) is 7.39. The van der Waals surface area contributed by atoms with Crippen LogP contribution in [0.1, 0.15) is 43.6 Å². The molecule has 1 aromatic heterocycles. The number of benzene rings is 1. The minimum Gasteiger partial charge on any atom is -0.462 e. The number of aromatic nitrogens is 1. The van der Waals surface area contributed by atoms with Gasteiger partial charge in [-0.05, 0) is 57.0 Å². The molecule has 0 saturated heterocycles.